The molecule has 5 rings (SSSR count). The zero-order valence-electron chi connectivity index (χ0n) is 36.9. The van der Waals surface area contributed by atoms with Gasteiger partial charge in [0.15, 0.2) is 23.0 Å². The van der Waals surface area contributed by atoms with Gasteiger partial charge in [0.25, 0.3) is 0 Å². The lowest BCUT2D eigenvalue weighted by Gasteiger charge is -2.23. The Kier molecular flexibility index (Phi) is 18.2. The van der Waals surface area contributed by atoms with Gasteiger partial charge in [0.2, 0.25) is 0 Å². The average Bonchev–Trinajstić information content (AvgIpc) is 3.25. The largest absolute Gasteiger partial charge is 0.513 e. The van der Waals surface area contributed by atoms with Crippen LogP contribution in [-0.4, -0.2) is 64.3 Å². The summed E-state index contributed by atoms with van der Waals surface area (Å²) in [4.78, 5) is 54.5. The van der Waals surface area contributed by atoms with Crippen molar-refractivity contribution >= 4 is 46.2 Å². The highest BCUT2D eigenvalue weighted by Gasteiger charge is 2.33. The fourth-order valence-corrected chi connectivity index (χ4v) is 7.22. The van der Waals surface area contributed by atoms with E-state index in [1.54, 1.807) is 50.2 Å². The highest BCUT2D eigenvalue weighted by atomic mass is 16.7. The third-order valence-corrected chi connectivity index (χ3v) is 10.1. The van der Waals surface area contributed by atoms with Gasteiger partial charge in [-0.15, -0.1) is 0 Å². The molecule has 0 bridgehead atoms. The summed E-state index contributed by atoms with van der Waals surface area (Å²) in [5.74, 6) is 0.468. The molecule has 0 amide bonds. The summed E-state index contributed by atoms with van der Waals surface area (Å²) >= 11 is 0. The predicted octanol–water partition coefficient (Wildman–Crippen LogP) is 12.5. The van der Waals surface area contributed by atoms with Gasteiger partial charge < -0.3 is 47.4 Å². The number of rotatable bonds is 24. The van der Waals surface area contributed by atoms with Crippen molar-refractivity contribution in [3.8, 4) is 34.5 Å². The Hall–Kier alpha value is -5.92. The second-order valence-corrected chi connectivity index (χ2v) is 14.7. The number of hydrogen-bond donors (Lipinski definition) is 0. The molecule has 14 heteroatoms. The van der Waals surface area contributed by atoms with Crippen LogP contribution in [0.25, 0.3) is 21.5 Å². The van der Waals surface area contributed by atoms with Gasteiger partial charge in [0.05, 0.1) is 50.4 Å². The van der Waals surface area contributed by atoms with E-state index in [0.29, 0.717) is 36.5 Å². The summed E-state index contributed by atoms with van der Waals surface area (Å²) in [6.07, 6.45) is 5.47. The lowest BCUT2D eigenvalue weighted by molar-refractivity contribution is 0.0942. The molecule has 1 aliphatic rings. The second-order valence-electron chi connectivity index (χ2n) is 14.7. The van der Waals surface area contributed by atoms with Crippen LogP contribution in [0.2, 0.25) is 0 Å². The molecule has 4 aromatic rings. The molecule has 0 N–H and O–H groups in total. The van der Waals surface area contributed by atoms with Crippen molar-refractivity contribution in [3.63, 3.8) is 0 Å². The smallest absolute Gasteiger partial charge is 0.493 e. The van der Waals surface area contributed by atoms with E-state index in [4.69, 9.17) is 47.4 Å². The van der Waals surface area contributed by atoms with Crippen LogP contribution in [0.5, 0.6) is 34.5 Å². The molecule has 0 heterocycles. The lowest BCUT2D eigenvalue weighted by atomic mass is 9.90. The standard InChI is InChI=1S/C48H60O14/c1-7-13-17-27-55-45(49)59-41-31-23-21-25-33(53-11-5)35(31)43(61-47(51)57-29-19-15-9-3)39-37(41)38-40(39)44(62-48(52)58-30-20-16-10-4)36-32(24-22-26-34(36)54-12-6)42(38)60-46(50)56-28-18-14-8-2/h21-26H,7-20,27-30H2,1-6H3. The van der Waals surface area contributed by atoms with E-state index in [0.717, 1.165) is 51.4 Å². The number of fused-ring (bicyclic) bond motifs is 4. The number of benzene rings is 4. The van der Waals surface area contributed by atoms with Crippen LogP contribution >= 0.6 is 0 Å². The molecule has 62 heavy (non-hydrogen) atoms. The monoisotopic (exact) mass is 860 g/mol. The van der Waals surface area contributed by atoms with Crippen LogP contribution in [-0.2, 0) is 18.9 Å². The predicted molar refractivity (Wildman–Crippen MR) is 232 cm³/mol. The van der Waals surface area contributed by atoms with E-state index >= 15 is 0 Å². The van der Waals surface area contributed by atoms with Gasteiger partial charge in [0.1, 0.15) is 11.5 Å². The fraction of sp³-hybridized carbons (Fsp3) is 0.500. The van der Waals surface area contributed by atoms with Crippen molar-refractivity contribution in [2.75, 3.05) is 39.6 Å². The SMILES string of the molecule is CCCCCOC(=O)Oc1c2c(c(OC(=O)OCCCCC)c3c(OCC)cccc13)=c1c(OC(=O)OCCCCC)c3c(OCC)cccc3c(OC(=O)OCCCCC)c1=2. The summed E-state index contributed by atoms with van der Waals surface area (Å²) in [5.41, 5.74) is 0. The molecule has 0 atom stereocenters. The molecule has 0 saturated heterocycles. The summed E-state index contributed by atoms with van der Waals surface area (Å²) in [6.45, 7) is 12.6. The van der Waals surface area contributed by atoms with Crippen LogP contribution in [0.15, 0.2) is 36.4 Å². The summed E-state index contributed by atoms with van der Waals surface area (Å²) in [7, 11) is 0. The molecule has 0 saturated carbocycles. The lowest BCUT2D eigenvalue weighted by Crippen LogP contribution is -2.18. The van der Waals surface area contributed by atoms with E-state index in [1.807, 2.05) is 27.7 Å². The van der Waals surface area contributed by atoms with E-state index in [2.05, 4.69) is 0 Å². The van der Waals surface area contributed by atoms with Gasteiger partial charge >= 0.3 is 24.6 Å². The maximum Gasteiger partial charge on any atom is 0.513 e. The van der Waals surface area contributed by atoms with Crippen LogP contribution in [0.1, 0.15) is 119 Å². The van der Waals surface area contributed by atoms with Gasteiger partial charge in [-0.2, -0.15) is 0 Å². The fourth-order valence-electron chi connectivity index (χ4n) is 7.22. The quantitative estimate of drug-likeness (QED) is 0.0249. The van der Waals surface area contributed by atoms with Crippen molar-refractivity contribution in [1.82, 2.24) is 0 Å². The second kappa shape index (κ2) is 23.9. The summed E-state index contributed by atoms with van der Waals surface area (Å²) in [5, 5.41) is 1.83. The molecule has 0 spiro atoms. The van der Waals surface area contributed by atoms with E-state index in [1.165, 1.54) is 0 Å². The van der Waals surface area contributed by atoms with Gasteiger partial charge in [-0.05, 0) is 51.7 Å². The molecule has 0 unspecified atom stereocenters. The molecule has 0 aromatic heterocycles. The average molecular weight is 861 g/mol. The van der Waals surface area contributed by atoms with Crippen molar-refractivity contribution in [3.05, 3.63) is 57.3 Å². The Labute approximate surface area is 361 Å². The van der Waals surface area contributed by atoms with E-state index in [9.17, 15) is 19.2 Å². The molecule has 336 valence electrons. The van der Waals surface area contributed by atoms with E-state index < -0.39 is 24.6 Å². The van der Waals surface area contributed by atoms with Gasteiger partial charge in [0, 0.05) is 31.6 Å². The van der Waals surface area contributed by atoms with Crippen LogP contribution in [0.3, 0.4) is 0 Å². The molecule has 0 fully saturated rings. The first-order valence-corrected chi connectivity index (χ1v) is 22.1. The molecular weight excluding hydrogens is 801 g/mol. The highest BCUT2D eigenvalue weighted by molar-refractivity contribution is 6.04. The summed E-state index contributed by atoms with van der Waals surface area (Å²) in [6, 6.07) is 10.1. The molecule has 0 aliphatic heterocycles. The molecule has 14 nitrogen and oxygen atoms in total. The van der Waals surface area contributed by atoms with Crippen LogP contribution in [0, 0.1) is 20.9 Å². The normalized spacial score (nSPS) is 11.2. The number of unbranched alkanes of at least 4 members (excludes halogenated alkanes) is 8. The zero-order valence-corrected chi connectivity index (χ0v) is 36.9. The van der Waals surface area contributed by atoms with Crippen LogP contribution in [0.4, 0.5) is 19.2 Å². The Morgan fingerprint density at radius 1 is 0.387 bits per heavy atom. The first kappa shape index (κ1) is 47.1. The minimum absolute atomic E-state index is 0.0113. The number of hydrogen-bond acceptors (Lipinski definition) is 14. The molecular formula is C48H60O14. The van der Waals surface area contributed by atoms with Crippen molar-refractivity contribution in [2.24, 2.45) is 0 Å². The molecule has 4 aromatic carbocycles. The topological polar surface area (TPSA) is 161 Å². The Balaban J connectivity index is 1.94. The first-order valence-electron chi connectivity index (χ1n) is 22.1. The Morgan fingerprint density at radius 3 is 0.968 bits per heavy atom. The first-order chi connectivity index (χ1) is 30.2. The van der Waals surface area contributed by atoms with Gasteiger partial charge in [-0.3, -0.25) is 0 Å². The molecule has 0 radical (unpaired) electrons. The Bertz CT molecular complexity index is 2230. The number of ether oxygens (including phenoxy) is 10. The van der Waals surface area contributed by atoms with Crippen molar-refractivity contribution in [1.29, 1.82) is 0 Å². The third-order valence-electron chi connectivity index (χ3n) is 10.1. The van der Waals surface area contributed by atoms with Crippen LogP contribution < -0.4 is 28.4 Å². The van der Waals surface area contributed by atoms with Crippen molar-refractivity contribution < 1.29 is 66.5 Å². The van der Waals surface area contributed by atoms with E-state index in [-0.39, 0.29) is 106 Å². The van der Waals surface area contributed by atoms with Gasteiger partial charge in [-0.1, -0.05) is 103 Å². The number of carbonyl (C=O) groups excluding carboxylic acids is 4. The minimum atomic E-state index is -1.01. The maximum absolute atomic E-state index is 13.7. The minimum Gasteiger partial charge on any atom is -0.493 e. The number of carbonyl (C=O) groups is 4. The molecule has 1 aliphatic carbocycles. The highest BCUT2D eigenvalue weighted by Crippen LogP contribution is 2.50. The zero-order chi connectivity index (χ0) is 44.4. The van der Waals surface area contributed by atoms with Crippen molar-refractivity contribution in [2.45, 2.75) is 119 Å². The maximum atomic E-state index is 13.7. The summed E-state index contributed by atoms with van der Waals surface area (Å²) < 4.78 is 59.0. The third kappa shape index (κ3) is 11.3. The van der Waals surface area contributed by atoms with Gasteiger partial charge in [-0.25, -0.2) is 19.2 Å². The Morgan fingerprint density at radius 2 is 0.677 bits per heavy atom.